The SMILES string of the molecule is CC(C)C(C(C)C)C(Cc1cc(F)ccc1Br)NN. The van der Waals surface area contributed by atoms with E-state index in [-0.39, 0.29) is 11.9 Å². The van der Waals surface area contributed by atoms with E-state index in [4.69, 9.17) is 5.84 Å². The van der Waals surface area contributed by atoms with Gasteiger partial charge in [-0.05, 0) is 47.9 Å². The Kier molecular flexibility index (Phi) is 6.43. The van der Waals surface area contributed by atoms with E-state index in [1.165, 1.54) is 6.07 Å². The second-order valence-electron chi connectivity index (χ2n) is 5.78. The highest BCUT2D eigenvalue weighted by atomic mass is 79.9. The number of benzene rings is 1. The zero-order chi connectivity index (χ0) is 14.6. The third kappa shape index (κ3) is 4.55. The summed E-state index contributed by atoms with van der Waals surface area (Å²) in [5.74, 6) is 7.01. The van der Waals surface area contributed by atoms with Crippen molar-refractivity contribution in [2.45, 2.75) is 40.2 Å². The van der Waals surface area contributed by atoms with Gasteiger partial charge in [-0.1, -0.05) is 43.6 Å². The van der Waals surface area contributed by atoms with Gasteiger partial charge < -0.3 is 0 Å². The van der Waals surface area contributed by atoms with E-state index in [0.717, 1.165) is 16.5 Å². The summed E-state index contributed by atoms with van der Waals surface area (Å²) < 4.78 is 14.3. The van der Waals surface area contributed by atoms with Gasteiger partial charge in [-0.3, -0.25) is 11.3 Å². The zero-order valence-corrected chi connectivity index (χ0v) is 13.7. The molecule has 0 amide bonds. The lowest BCUT2D eigenvalue weighted by Crippen LogP contribution is -2.46. The minimum atomic E-state index is -0.209. The smallest absolute Gasteiger partial charge is 0.123 e. The summed E-state index contributed by atoms with van der Waals surface area (Å²) in [5, 5.41) is 0. The van der Waals surface area contributed by atoms with Gasteiger partial charge in [0.15, 0.2) is 0 Å². The minimum Gasteiger partial charge on any atom is -0.271 e. The number of nitrogens with one attached hydrogen (secondary N) is 1. The Balaban J connectivity index is 2.95. The summed E-state index contributed by atoms with van der Waals surface area (Å²) in [7, 11) is 0. The summed E-state index contributed by atoms with van der Waals surface area (Å²) in [5.41, 5.74) is 3.87. The molecule has 2 nitrogen and oxygen atoms in total. The molecule has 0 bridgehead atoms. The highest BCUT2D eigenvalue weighted by molar-refractivity contribution is 9.10. The molecule has 19 heavy (non-hydrogen) atoms. The van der Waals surface area contributed by atoms with Crippen molar-refractivity contribution in [3.05, 3.63) is 34.1 Å². The lowest BCUT2D eigenvalue weighted by Gasteiger charge is -2.33. The first-order chi connectivity index (χ1) is 8.86. The first-order valence-corrected chi connectivity index (χ1v) is 7.56. The molecular weight excluding hydrogens is 307 g/mol. The Labute approximate surface area is 124 Å². The fraction of sp³-hybridized carbons (Fsp3) is 0.600. The summed E-state index contributed by atoms with van der Waals surface area (Å²) in [6.45, 7) is 8.82. The van der Waals surface area contributed by atoms with Crippen molar-refractivity contribution in [3.63, 3.8) is 0 Å². The first-order valence-electron chi connectivity index (χ1n) is 6.76. The Morgan fingerprint density at radius 3 is 2.26 bits per heavy atom. The molecule has 1 rings (SSSR count). The first kappa shape index (κ1) is 16.6. The van der Waals surface area contributed by atoms with Crippen LogP contribution in [0.4, 0.5) is 4.39 Å². The van der Waals surface area contributed by atoms with Crippen LogP contribution in [0.2, 0.25) is 0 Å². The maximum Gasteiger partial charge on any atom is 0.123 e. The van der Waals surface area contributed by atoms with Gasteiger partial charge in [0.25, 0.3) is 0 Å². The standard InChI is InChI=1S/C15H24BrFN2/c1-9(2)15(10(3)4)14(19-18)8-11-7-12(17)5-6-13(11)16/h5-7,9-10,14-15,19H,8,18H2,1-4H3. The van der Waals surface area contributed by atoms with Crippen LogP contribution in [-0.4, -0.2) is 6.04 Å². The average Bonchev–Trinajstić information content (AvgIpc) is 2.31. The molecule has 1 atom stereocenters. The molecule has 1 aromatic rings. The molecule has 0 fully saturated rings. The number of hydrogen-bond donors (Lipinski definition) is 2. The van der Waals surface area contributed by atoms with Gasteiger partial charge in [-0.25, -0.2) is 4.39 Å². The molecule has 0 aliphatic carbocycles. The van der Waals surface area contributed by atoms with Crippen LogP contribution in [0.1, 0.15) is 33.3 Å². The molecule has 0 aliphatic heterocycles. The van der Waals surface area contributed by atoms with Gasteiger partial charge in [-0.15, -0.1) is 0 Å². The van der Waals surface area contributed by atoms with E-state index in [2.05, 4.69) is 49.1 Å². The normalized spacial score (nSPS) is 13.6. The van der Waals surface area contributed by atoms with Crippen LogP contribution in [-0.2, 0) is 6.42 Å². The lowest BCUT2D eigenvalue weighted by molar-refractivity contribution is 0.208. The van der Waals surface area contributed by atoms with Crippen LogP contribution in [0.3, 0.4) is 0 Å². The van der Waals surface area contributed by atoms with E-state index in [1.54, 1.807) is 12.1 Å². The number of nitrogens with two attached hydrogens (primary N) is 1. The third-order valence-corrected chi connectivity index (χ3v) is 4.44. The van der Waals surface area contributed by atoms with Crippen molar-refractivity contribution in [2.75, 3.05) is 0 Å². The summed E-state index contributed by atoms with van der Waals surface area (Å²) in [6, 6.07) is 4.92. The van der Waals surface area contributed by atoms with Crippen molar-refractivity contribution in [2.24, 2.45) is 23.6 Å². The van der Waals surface area contributed by atoms with Crippen LogP contribution in [0.5, 0.6) is 0 Å². The lowest BCUT2D eigenvalue weighted by atomic mass is 9.78. The molecule has 1 unspecified atom stereocenters. The van der Waals surface area contributed by atoms with E-state index < -0.39 is 0 Å². The number of hydrazine groups is 1. The summed E-state index contributed by atoms with van der Waals surface area (Å²) in [6.07, 6.45) is 0.718. The van der Waals surface area contributed by atoms with Gasteiger partial charge in [0.05, 0.1) is 0 Å². The Hall–Kier alpha value is -0.450. The van der Waals surface area contributed by atoms with Crippen LogP contribution in [0.15, 0.2) is 22.7 Å². The van der Waals surface area contributed by atoms with Crippen molar-refractivity contribution in [3.8, 4) is 0 Å². The maximum absolute atomic E-state index is 13.3. The Bertz CT molecular complexity index is 399. The fourth-order valence-corrected chi connectivity index (χ4v) is 3.35. The number of rotatable bonds is 6. The predicted molar refractivity (Wildman–Crippen MR) is 82.1 cm³/mol. The van der Waals surface area contributed by atoms with E-state index in [9.17, 15) is 4.39 Å². The molecule has 0 saturated heterocycles. The monoisotopic (exact) mass is 330 g/mol. The molecule has 0 aliphatic rings. The van der Waals surface area contributed by atoms with E-state index >= 15 is 0 Å². The van der Waals surface area contributed by atoms with Crippen molar-refractivity contribution < 1.29 is 4.39 Å². The number of halogens is 2. The molecule has 0 saturated carbocycles. The molecule has 3 N–H and O–H groups in total. The molecule has 0 spiro atoms. The van der Waals surface area contributed by atoms with Crippen LogP contribution < -0.4 is 11.3 Å². The third-order valence-electron chi connectivity index (χ3n) is 3.67. The molecular formula is C15H24BrFN2. The van der Waals surface area contributed by atoms with E-state index in [1.807, 2.05) is 0 Å². The molecule has 1 aromatic carbocycles. The largest absolute Gasteiger partial charge is 0.271 e. The van der Waals surface area contributed by atoms with Crippen LogP contribution in [0.25, 0.3) is 0 Å². The summed E-state index contributed by atoms with van der Waals surface area (Å²) in [4.78, 5) is 0. The van der Waals surface area contributed by atoms with Crippen molar-refractivity contribution in [1.29, 1.82) is 0 Å². The maximum atomic E-state index is 13.3. The van der Waals surface area contributed by atoms with Gasteiger partial charge in [0, 0.05) is 10.5 Å². The minimum absolute atomic E-state index is 0.137. The molecule has 0 heterocycles. The Morgan fingerprint density at radius 2 is 1.79 bits per heavy atom. The highest BCUT2D eigenvalue weighted by Gasteiger charge is 2.27. The fourth-order valence-electron chi connectivity index (χ4n) is 2.94. The van der Waals surface area contributed by atoms with Gasteiger partial charge in [0.2, 0.25) is 0 Å². The zero-order valence-electron chi connectivity index (χ0n) is 12.1. The van der Waals surface area contributed by atoms with Gasteiger partial charge in [0.1, 0.15) is 5.82 Å². The molecule has 0 radical (unpaired) electrons. The van der Waals surface area contributed by atoms with Crippen LogP contribution in [0, 0.1) is 23.6 Å². The second-order valence-corrected chi connectivity index (χ2v) is 6.63. The molecule has 0 aromatic heterocycles. The van der Waals surface area contributed by atoms with Crippen LogP contribution >= 0.6 is 15.9 Å². The quantitative estimate of drug-likeness (QED) is 0.613. The van der Waals surface area contributed by atoms with Gasteiger partial charge >= 0.3 is 0 Å². The number of hydrogen-bond acceptors (Lipinski definition) is 2. The summed E-state index contributed by atoms with van der Waals surface area (Å²) >= 11 is 3.48. The average molecular weight is 331 g/mol. The van der Waals surface area contributed by atoms with Crippen molar-refractivity contribution in [1.82, 2.24) is 5.43 Å². The van der Waals surface area contributed by atoms with E-state index in [0.29, 0.717) is 17.8 Å². The molecule has 108 valence electrons. The highest BCUT2D eigenvalue weighted by Crippen LogP contribution is 2.28. The Morgan fingerprint density at radius 1 is 1.21 bits per heavy atom. The topological polar surface area (TPSA) is 38.0 Å². The van der Waals surface area contributed by atoms with Gasteiger partial charge in [-0.2, -0.15) is 0 Å². The van der Waals surface area contributed by atoms with Crippen molar-refractivity contribution >= 4 is 15.9 Å². The predicted octanol–water partition coefficient (Wildman–Crippen LogP) is 3.89. The molecule has 4 heteroatoms. The second kappa shape index (κ2) is 7.36.